The molecule has 0 bridgehead atoms. The minimum atomic E-state index is -0.929. The number of hydrogen-bond donors (Lipinski definition) is 2. The molecule has 8 nitrogen and oxygen atoms in total. The van der Waals surface area contributed by atoms with E-state index in [0.717, 1.165) is 30.1 Å². The summed E-state index contributed by atoms with van der Waals surface area (Å²) in [7, 11) is 2.00. The molecular weight excluding hydrogens is 348 g/mol. The largest absolute Gasteiger partial charge is 0.316 e. The average molecular weight is 370 g/mol. The smallest absolute Gasteiger partial charge is 0.262 e. The second-order valence-corrected chi connectivity index (χ2v) is 7.51. The van der Waals surface area contributed by atoms with Crippen LogP contribution in [0.15, 0.2) is 18.2 Å². The summed E-state index contributed by atoms with van der Waals surface area (Å²) in [4.78, 5) is 52.6. The second kappa shape index (κ2) is 6.86. The Morgan fingerprint density at radius 1 is 1.15 bits per heavy atom. The van der Waals surface area contributed by atoms with E-state index in [2.05, 4.69) is 15.5 Å². The molecule has 2 fully saturated rings. The summed E-state index contributed by atoms with van der Waals surface area (Å²) in [5.41, 5.74) is 1.50. The molecule has 1 atom stereocenters. The number of benzene rings is 1. The fraction of sp³-hybridized carbons (Fsp3) is 0.474. The second-order valence-electron chi connectivity index (χ2n) is 7.51. The molecule has 0 radical (unpaired) electrons. The first kappa shape index (κ1) is 17.8. The Kier molecular flexibility index (Phi) is 4.53. The maximum absolute atomic E-state index is 13.0. The molecule has 4 amide bonds. The van der Waals surface area contributed by atoms with Gasteiger partial charge in [0.25, 0.3) is 11.8 Å². The van der Waals surface area contributed by atoms with E-state index in [4.69, 9.17) is 0 Å². The third-order valence-electron chi connectivity index (χ3n) is 5.43. The fourth-order valence-electron chi connectivity index (χ4n) is 3.99. The first-order chi connectivity index (χ1) is 13.0. The van der Waals surface area contributed by atoms with Crippen molar-refractivity contribution in [3.05, 3.63) is 34.9 Å². The summed E-state index contributed by atoms with van der Waals surface area (Å²) in [6, 6.07) is 4.32. The molecule has 0 saturated carbocycles. The van der Waals surface area contributed by atoms with Gasteiger partial charge in [-0.25, -0.2) is 0 Å². The number of hydrogen-bond acceptors (Lipinski definition) is 6. The quantitative estimate of drug-likeness (QED) is 0.693. The number of amides is 4. The number of nitrogens with one attached hydrogen (secondary N) is 2. The molecule has 0 spiro atoms. The van der Waals surface area contributed by atoms with Crippen molar-refractivity contribution >= 4 is 23.6 Å². The van der Waals surface area contributed by atoms with Crippen LogP contribution >= 0.6 is 0 Å². The Labute approximate surface area is 156 Å². The van der Waals surface area contributed by atoms with Crippen molar-refractivity contribution < 1.29 is 19.2 Å². The Hall–Kier alpha value is -2.58. The Morgan fingerprint density at radius 3 is 2.59 bits per heavy atom. The lowest BCUT2D eigenvalue weighted by molar-refractivity contribution is -0.136. The molecule has 3 aliphatic heterocycles. The molecule has 0 aliphatic carbocycles. The predicted octanol–water partition coefficient (Wildman–Crippen LogP) is -0.261. The van der Waals surface area contributed by atoms with Gasteiger partial charge in [-0.3, -0.25) is 29.4 Å². The van der Waals surface area contributed by atoms with Gasteiger partial charge in [0.15, 0.2) is 0 Å². The van der Waals surface area contributed by atoms with E-state index in [1.54, 1.807) is 12.1 Å². The molecule has 8 heteroatoms. The Bertz CT molecular complexity index is 833. The summed E-state index contributed by atoms with van der Waals surface area (Å²) in [6.45, 7) is 3.47. The molecule has 2 saturated heterocycles. The van der Waals surface area contributed by atoms with E-state index in [0.29, 0.717) is 23.6 Å². The fourth-order valence-corrected chi connectivity index (χ4v) is 3.99. The molecule has 4 rings (SSSR count). The van der Waals surface area contributed by atoms with Gasteiger partial charge >= 0.3 is 0 Å². The zero-order valence-electron chi connectivity index (χ0n) is 15.2. The van der Waals surface area contributed by atoms with Crippen molar-refractivity contribution in [1.29, 1.82) is 0 Å². The van der Waals surface area contributed by atoms with Crippen molar-refractivity contribution in [2.45, 2.75) is 25.4 Å². The van der Waals surface area contributed by atoms with E-state index in [1.165, 1.54) is 0 Å². The van der Waals surface area contributed by atoms with Crippen LogP contribution in [0.25, 0.3) is 0 Å². The number of piperidine rings is 1. The van der Waals surface area contributed by atoms with Gasteiger partial charge in [0, 0.05) is 32.6 Å². The number of fused-ring (bicyclic) bond motifs is 1. The average Bonchev–Trinajstić information content (AvgIpc) is 2.84. The van der Waals surface area contributed by atoms with Crippen LogP contribution in [0.1, 0.15) is 39.1 Å². The molecule has 1 unspecified atom stereocenters. The number of imide groups is 2. The topological polar surface area (TPSA) is 98.8 Å². The van der Waals surface area contributed by atoms with Gasteiger partial charge in [-0.05, 0) is 31.0 Å². The summed E-state index contributed by atoms with van der Waals surface area (Å²) in [5, 5.41) is 5.46. The van der Waals surface area contributed by atoms with Crippen molar-refractivity contribution in [1.82, 2.24) is 20.4 Å². The Balaban J connectivity index is 1.57. The Morgan fingerprint density at radius 2 is 1.93 bits per heavy atom. The zero-order chi connectivity index (χ0) is 19.1. The molecule has 142 valence electrons. The molecule has 27 heavy (non-hydrogen) atoms. The first-order valence-corrected chi connectivity index (χ1v) is 9.18. The van der Waals surface area contributed by atoms with Crippen molar-refractivity contribution in [2.75, 3.05) is 26.7 Å². The van der Waals surface area contributed by atoms with Crippen molar-refractivity contribution in [3.63, 3.8) is 0 Å². The van der Waals surface area contributed by atoms with Gasteiger partial charge in [0.1, 0.15) is 6.04 Å². The standard InChI is InChI=1S/C19H22N4O4/c1-22(9-11-7-20-8-11)10-12-3-2-4-13-16(12)19(27)23(18(13)26)14-5-6-15(24)21-17(14)25/h2-4,11,14,20H,5-10H2,1H3,(H,21,24,25). The van der Waals surface area contributed by atoms with Crippen LogP contribution in [-0.2, 0) is 16.1 Å². The van der Waals surface area contributed by atoms with Crippen LogP contribution < -0.4 is 10.6 Å². The van der Waals surface area contributed by atoms with Crippen LogP contribution in [0.5, 0.6) is 0 Å². The molecule has 0 aromatic heterocycles. The normalized spacial score (nSPS) is 22.9. The number of nitrogens with zero attached hydrogens (tertiary/aromatic N) is 2. The summed E-state index contributed by atoms with van der Waals surface area (Å²) in [5.74, 6) is -1.27. The van der Waals surface area contributed by atoms with Gasteiger partial charge in [-0.2, -0.15) is 0 Å². The first-order valence-electron chi connectivity index (χ1n) is 9.18. The molecule has 2 N–H and O–H groups in total. The van der Waals surface area contributed by atoms with Crippen LogP contribution in [0.3, 0.4) is 0 Å². The van der Waals surface area contributed by atoms with E-state index < -0.39 is 23.8 Å². The maximum Gasteiger partial charge on any atom is 0.262 e. The van der Waals surface area contributed by atoms with Gasteiger partial charge in [0.2, 0.25) is 11.8 Å². The lowest BCUT2D eigenvalue weighted by Gasteiger charge is -2.31. The maximum atomic E-state index is 13.0. The third kappa shape index (κ3) is 3.15. The molecule has 3 aliphatic rings. The van der Waals surface area contributed by atoms with Gasteiger partial charge < -0.3 is 10.2 Å². The van der Waals surface area contributed by atoms with Crippen molar-refractivity contribution in [2.24, 2.45) is 5.92 Å². The van der Waals surface area contributed by atoms with Crippen molar-refractivity contribution in [3.8, 4) is 0 Å². The minimum absolute atomic E-state index is 0.120. The molecule has 3 heterocycles. The summed E-state index contributed by atoms with van der Waals surface area (Å²) >= 11 is 0. The number of carbonyl (C=O) groups excluding carboxylic acids is 4. The molecule has 1 aromatic carbocycles. The zero-order valence-corrected chi connectivity index (χ0v) is 15.2. The van der Waals surface area contributed by atoms with Gasteiger partial charge in [-0.1, -0.05) is 12.1 Å². The number of carbonyl (C=O) groups is 4. The van der Waals surface area contributed by atoms with Gasteiger partial charge in [0.05, 0.1) is 11.1 Å². The highest BCUT2D eigenvalue weighted by Crippen LogP contribution is 2.30. The van der Waals surface area contributed by atoms with Crippen LogP contribution in [0.4, 0.5) is 0 Å². The van der Waals surface area contributed by atoms with Crippen LogP contribution in [0, 0.1) is 5.92 Å². The molecular formula is C19H22N4O4. The van der Waals surface area contributed by atoms with E-state index in [9.17, 15) is 19.2 Å². The molecule has 1 aromatic rings. The van der Waals surface area contributed by atoms with Crippen LogP contribution in [-0.4, -0.2) is 66.2 Å². The van der Waals surface area contributed by atoms with E-state index >= 15 is 0 Å². The third-order valence-corrected chi connectivity index (χ3v) is 5.43. The summed E-state index contributed by atoms with van der Waals surface area (Å²) in [6.07, 6.45) is 0.287. The van der Waals surface area contributed by atoms with Gasteiger partial charge in [-0.15, -0.1) is 0 Å². The monoisotopic (exact) mass is 370 g/mol. The lowest BCUT2D eigenvalue weighted by Crippen LogP contribution is -2.54. The minimum Gasteiger partial charge on any atom is -0.316 e. The van der Waals surface area contributed by atoms with E-state index in [-0.39, 0.29) is 18.7 Å². The highest BCUT2D eigenvalue weighted by Gasteiger charge is 2.45. The lowest BCUT2D eigenvalue weighted by atomic mass is 10.0. The highest BCUT2D eigenvalue weighted by atomic mass is 16.2. The number of rotatable bonds is 5. The predicted molar refractivity (Wildman–Crippen MR) is 95.8 cm³/mol. The highest BCUT2D eigenvalue weighted by molar-refractivity contribution is 6.24. The van der Waals surface area contributed by atoms with E-state index in [1.807, 2.05) is 13.1 Å². The summed E-state index contributed by atoms with van der Waals surface area (Å²) < 4.78 is 0. The van der Waals surface area contributed by atoms with Crippen LogP contribution in [0.2, 0.25) is 0 Å². The SMILES string of the molecule is CN(Cc1cccc2c1C(=O)N(C1CCC(=O)NC1=O)C2=O)CC1CNC1.